The predicted molar refractivity (Wildman–Crippen MR) is 89.2 cm³/mol. The number of thiocarbonyl (C=S) groups is 1. The van der Waals surface area contributed by atoms with Crippen LogP contribution in [0.4, 0.5) is 13.2 Å². The van der Waals surface area contributed by atoms with E-state index in [4.69, 9.17) is 18.0 Å². The molecule has 8 heteroatoms. The number of aromatic nitrogens is 1. The van der Waals surface area contributed by atoms with Crippen LogP contribution in [0.5, 0.6) is 0 Å². The molecule has 3 atom stereocenters. The summed E-state index contributed by atoms with van der Waals surface area (Å²) < 4.78 is 39.3. The van der Waals surface area contributed by atoms with E-state index in [0.29, 0.717) is 17.8 Å². The maximum atomic E-state index is 12.8. The summed E-state index contributed by atoms with van der Waals surface area (Å²) in [6.45, 7) is -0.855. The molecule has 2 fully saturated rings. The molecule has 2 bridgehead atoms. The topological polar surface area (TPSA) is 42.1 Å². The number of pyridine rings is 1. The first-order valence-electron chi connectivity index (χ1n) is 7.45. The highest BCUT2D eigenvalue weighted by Gasteiger charge is 2.52. The van der Waals surface area contributed by atoms with Gasteiger partial charge in [0.15, 0.2) is 0 Å². The lowest BCUT2D eigenvalue weighted by molar-refractivity contribution is -0.156. The van der Waals surface area contributed by atoms with Gasteiger partial charge in [0.2, 0.25) is 0 Å². The normalized spacial score (nSPS) is 31.3. The average Bonchev–Trinajstić information content (AvgIpc) is 2.69. The number of nitrogens with two attached hydrogens (primary N) is 1. The van der Waals surface area contributed by atoms with E-state index in [1.165, 1.54) is 0 Å². The second kappa shape index (κ2) is 5.97. The Morgan fingerprint density at radius 2 is 1.96 bits per heavy atom. The van der Waals surface area contributed by atoms with Gasteiger partial charge in [-0.05, 0) is 53.2 Å². The van der Waals surface area contributed by atoms with Crippen molar-refractivity contribution in [3.05, 3.63) is 28.5 Å². The molecular formula is C15H17BrF3N3S. The van der Waals surface area contributed by atoms with Crippen molar-refractivity contribution in [2.75, 3.05) is 6.54 Å². The van der Waals surface area contributed by atoms with E-state index in [2.05, 4.69) is 20.9 Å². The number of rotatable bonds is 3. The summed E-state index contributed by atoms with van der Waals surface area (Å²) in [5.74, 6) is 0. The number of fused-ring (bicyclic) bond motifs is 2. The van der Waals surface area contributed by atoms with Gasteiger partial charge in [-0.3, -0.25) is 9.88 Å². The third-order valence-electron chi connectivity index (χ3n) is 5.03. The fraction of sp³-hybridized carbons (Fsp3) is 0.600. The molecule has 3 heterocycles. The zero-order valence-electron chi connectivity index (χ0n) is 12.3. The average molecular weight is 408 g/mol. The Morgan fingerprint density at radius 3 is 2.43 bits per heavy atom. The van der Waals surface area contributed by atoms with Crippen LogP contribution < -0.4 is 5.73 Å². The minimum Gasteiger partial charge on any atom is -0.393 e. The van der Waals surface area contributed by atoms with Gasteiger partial charge < -0.3 is 5.73 Å². The summed E-state index contributed by atoms with van der Waals surface area (Å²) in [5.41, 5.74) is 6.38. The molecule has 0 spiro atoms. The number of hydrogen-bond acceptors (Lipinski definition) is 3. The van der Waals surface area contributed by atoms with Crippen molar-refractivity contribution in [1.29, 1.82) is 0 Å². The highest BCUT2D eigenvalue weighted by atomic mass is 79.9. The first kappa shape index (κ1) is 17.1. The maximum Gasteiger partial charge on any atom is 0.401 e. The molecule has 0 saturated carbocycles. The Balaban J connectivity index is 1.93. The van der Waals surface area contributed by atoms with Crippen molar-refractivity contribution in [2.24, 2.45) is 5.73 Å². The maximum absolute atomic E-state index is 12.8. The Kier molecular flexibility index (Phi) is 4.44. The third kappa shape index (κ3) is 3.25. The SMILES string of the molecule is NC(=S)C1(c2cncc(Br)c2)C[C@H]2CC[C@@H](C1)N2CC(F)(F)F. The van der Waals surface area contributed by atoms with E-state index in [1.54, 1.807) is 17.3 Å². The van der Waals surface area contributed by atoms with E-state index in [-0.39, 0.29) is 12.1 Å². The predicted octanol–water partition coefficient (Wildman–Crippen LogP) is 3.56. The summed E-state index contributed by atoms with van der Waals surface area (Å²) in [7, 11) is 0. The minimum absolute atomic E-state index is 0.143. The zero-order valence-corrected chi connectivity index (χ0v) is 14.7. The fourth-order valence-corrected chi connectivity index (χ4v) is 4.71. The van der Waals surface area contributed by atoms with Crippen molar-refractivity contribution in [1.82, 2.24) is 9.88 Å². The summed E-state index contributed by atoms with van der Waals surface area (Å²) in [6, 6.07) is 1.64. The van der Waals surface area contributed by atoms with Gasteiger partial charge in [0.1, 0.15) is 0 Å². The van der Waals surface area contributed by atoms with E-state index in [1.807, 2.05) is 6.07 Å². The molecular weight excluding hydrogens is 391 g/mol. The molecule has 0 aliphatic carbocycles. The summed E-state index contributed by atoms with van der Waals surface area (Å²) >= 11 is 8.72. The van der Waals surface area contributed by atoms with Gasteiger partial charge in [-0.15, -0.1) is 0 Å². The van der Waals surface area contributed by atoms with Gasteiger partial charge in [0, 0.05) is 34.4 Å². The highest BCUT2D eigenvalue weighted by Crippen LogP contribution is 2.48. The molecule has 2 saturated heterocycles. The standard InChI is InChI=1S/C15H17BrF3N3S/c16-10-3-9(6-21-7-10)14(13(20)23)4-11-1-2-12(5-14)22(11)8-15(17,18)19/h3,6-7,11-12H,1-2,4-5,8H2,(H2,20,23)/t11-,12+,14?. The van der Waals surface area contributed by atoms with Crippen molar-refractivity contribution >= 4 is 33.1 Å². The summed E-state index contributed by atoms with van der Waals surface area (Å²) in [5, 5.41) is 0. The summed E-state index contributed by atoms with van der Waals surface area (Å²) in [4.78, 5) is 6.11. The van der Waals surface area contributed by atoms with Crippen molar-refractivity contribution in [3.63, 3.8) is 0 Å². The lowest BCUT2D eigenvalue weighted by Crippen LogP contribution is -2.56. The smallest absolute Gasteiger partial charge is 0.393 e. The van der Waals surface area contributed by atoms with E-state index >= 15 is 0 Å². The second-order valence-corrected chi connectivity index (χ2v) is 7.77. The molecule has 2 N–H and O–H groups in total. The lowest BCUT2D eigenvalue weighted by atomic mass is 9.70. The Bertz CT molecular complexity index is 608. The van der Waals surface area contributed by atoms with Crippen LogP contribution in [0.15, 0.2) is 22.9 Å². The molecule has 0 amide bonds. The zero-order chi connectivity index (χ0) is 16.8. The van der Waals surface area contributed by atoms with Gasteiger partial charge in [0.05, 0.1) is 11.5 Å². The first-order valence-corrected chi connectivity index (χ1v) is 8.65. The van der Waals surface area contributed by atoms with Crippen molar-refractivity contribution in [2.45, 2.75) is 49.4 Å². The van der Waals surface area contributed by atoms with Gasteiger partial charge in [-0.25, -0.2) is 0 Å². The molecule has 3 rings (SSSR count). The largest absolute Gasteiger partial charge is 0.401 e. The second-order valence-electron chi connectivity index (χ2n) is 6.42. The quantitative estimate of drug-likeness (QED) is 0.777. The molecule has 1 unspecified atom stereocenters. The van der Waals surface area contributed by atoms with Gasteiger partial charge in [0.25, 0.3) is 0 Å². The number of halogens is 4. The van der Waals surface area contributed by atoms with Crippen molar-refractivity contribution < 1.29 is 13.2 Å². The van der Waals surface area contributed by atoms with Gasteiger partial charge in [-0.1, -0.05) is 12.2 Å². The van der Waals surface area contributed by atoms with E-state index < -0.39 is 18.1 Å². The Morgan fingerprint density at radius 1 is 1.35 bits per heavy atom. The van der Waals surface area contributed by atoms with E-state index in [0.717, 1.165) is 22.9 Å². The lowest BCUT2D eigenvalue weighted by Gasteiger charge is -2.46. The van der Waals surface area contributed by atoms with Crippen LogP contribution >= 0.6 is 28.1 Å². The third-order valence-corrected chi connectivity index (χ3v) is 5.85. The number of alkyl halides is 3. The molecule has 23 heavy (non-hydrogen) atoms. The van der Waals surface area contributed by atoms with Crippen LogP contribution in [-0.4, -0.2) is 39.7 Å². The minimum atomic E-state index is -4.18. The van der Waals surface area contributed by atoms with Crippen LogP contribution in [0.2, 0.25) is 0 Å². The first-order chi connectivity index (χ1) is 10.7. The molecule has 1 aromatic rings. The van der Waals surface area contributed by atoms with Gasteiger partial charge >= 0.3 is 6.18 Å². The van der Waals surface area contributed by atoms with Crippen LogP contribution in [0.25, 0.3) is 0 Å². The molecule has 126 valence electrons. The monoisotopic (exact) mass is 407 g/mol. The highest BCUT2D eigenvalue weighted by molar-refractivity contribution is 9.10. The van der Waals surface area contributed by atoms with Crippen LogP contribution in [0, 0.1) is 0 Å². The molecule has 0 aromatic carbocycles. The Hall–Kier alpha value is -0.730. The Labute approximate surface area is 146 Å². The molecule has 2 aliphatic heterocycles. The van der Waals surface area contributed by atoms with Crippen LogP contribution in [0.3, 0.4) is 0 Å². The van der Waals surface area contributed by atoms with Crippen LogP contribution in [-0.2, 0) is 5.41 Å². The van der Waals surface area contributed by atoms with E-state index in [9.17, 15) is 13.2 Å². The summed E-state index contributed by atoms with van der Waals surface area (Å²) in [6.07, 6.45) is 1.77. The molecule has 2 aliphatic rings. The van der Waals surface area contributed by atoms with Gasteiger partial charge in [-0.2, -0.15) is 13.2 Å². The van der Waals surface area contributed by atoms with Crippen molar-refractivity contribution in [3.8, 4) is 0 Å². The number of hydrogen-bond donors (Lipinski definition) is 1. The molecule has 1 aromatic heterocycles. The fourth-order valence-electron chi connectivity index (χ4n) is 4.06. The number of nitrogens with zero attached hydrogens (tertiary/aromatic N) is 2. The van der Waals surface area contributed by atoms with Crippen LogP contribution in [0.1, 0.15) is 31.2 Å². The molecule has 0 radical (unpaired) electrons. The molecule has 3 nitrogen and oxygen atoms in total. The number of piperidine rings is 1.